The Labute approximate surface area is 436 Å². The Balaban J connectivity index is 0.707. The summed E-state index contributed by atoms with van der Waals surface area (Å²) in [6.07, 6.45) is 13.8. The highest BCUT2D eigenvalue weighted by atomic mass is 32.1. The molecule has 2 fully saturated rings. The van der Waals surface area contributed by atoms with E-state index in [-0.39, 0.29) is 55.3 Å². The average Bonchev–Trinajstić information content (AvgIpc) is 4.12. The molecule has 390 valence electrons. The monoisotopic (exact) mass is 1030 g/mol. The number of aliphatic hydroxyl groups excluding tert-OH is 1. The number of hydrogen-bond acceptors (Lipinski definition) is 13. The van der Waals surface area contributed by atoms with Crippen molar-refractivity contribution in [2.75, 3.05) is 29.9 Å². The molecular weight excluding hydrogens is 965 g/mol. The summed E-state index contributed by atoms with van der Waals surface area (Å²) in [5.74, 6) is -0.566. The first kappa shape index (κ1) is 53.3. The van der Waals surface area contributed by atoms with Crippen molar-refractivity contribution in [1.29, 1.82) is 0 Å². The Morgan fingerprint density at radius 1 is 0.863 bits per heavy atom. The molecule has 5 aromatic rings. The van der Waals surface area contributed by atoms with E-state index in [1.807, 2.05) is 81.7 Å². The number of amides is 5. The zero-order valence-electron chi connectivity index (χ0n) is 42.6. The molecule has 8 rings (SSSR count). The quantitative estimate of drug-likeness (QED) is 0.0540. The summed E-state index contributed by atoms with van der Waals surface area (Å²) in [6, 6.07) is 14.1. The number of rotatable bonds is 20. The van der Waals surface area contributed by atoms with Gasteiger partial charge >= 0.3 is 6.09 Å². The number of benzene rings is 2. The summed E-state index contributed by atoms with van der Waals surface area (Å²) in [7, 11) is 0. The molecule has 1 aliphatic carbocycles. The summed E-state index contributed by atoms with van der Waals surface area (Å²) in [5, 5.41) is 20.1. The maximum absolute atomic E-state index is 14.0. The van der Waals surface area contributed by atoms with Crippen molar-refractivity contribution in [1.82, 2.24) is 30.5 Å². The van der Waals surface area contributed by atoms with Crippen molar-refractivity contribution < 1.29 is 38.6 Å². The van der Waals surface area contributed by atoms with Crippen LogP contribution in [0.15, 0.2) is 60.2 Å². The van der Waals surface area contributed by atoms with Crippen molar-refractivity contribution >= 4 is 73.4 Å². The lowest BCUT2D eigenvalue weighted by atomic mass is 9.85. The standard InChI is InChI=1S/C55H70N8O8S2/c1-35-48(72-34-58-35)37-22-20-36(21-23-37)31-56-50(67)43-30-40(64)33-63(43)52(68)49(55(2,3)4)60-46(65)18-14-9-7-5-6-8-10-15-19-47(66)61-53-59-42-25-24-38(29-45(42)73-53)39-28-44-51(57-32-39)70-27-26-62(44)54(69)71-41-16-12-11-13-17-41/h20-25,28-29,32,34,40-41,43,49,64H,5-19,26-27,30-31,33H2,1-4H3,(H,56,67)(H,60,65)(H,59,61,66)/t40-,43+,49-/m1/s1. The molecule has 18 heteroatoms. The molecule has 0 unspecified atom stereocenters. The SMILES string of the molecule is Cc1ncsc1-c1ccc(CNC(=O)[C@@H]2C[C@@H](O)CN2C(=O)[C@@H](NC(=O)CCCCCCCCCCC(=O)Nc2nc3ccc(-c4cnc5c(c4)N(C(=O)OC4CCCCC4)CCO5)cc3s2)C(C)(C)C)cc1. The van der Waals surface area contributed by atoms with Gasteiger partial charge < -0.3 is 35.4 Å². The third-order valence-corrected chi connectivity index (χ3v) is 15.9. The first-order valence-corrected chi connectivity index (χ1v) is 27.8. The second-order valence-corrected chi connectivity index (χ2v) is 22.6. The molecule has 0 radical (unpaired) electrons. The molecule has 1 saturated heterocycles. The maximum Gasteiger partial charge on any atom is 0.414 e. The molecule has 3 aromatic heterocycles. The Hall–Kier alpha value is -5.98. The van der Waals surface area contributed by atoms with Crippen molar-refractivity contribution in [2.45, 2.75) is 161 Å². The fourth-order valence-corrected chi connectivity index (χ4v) is 11.6. The lowest BCUT2D eigenvalue weighted by molar-refractivity contribution is -0.144. The second-order valence-electron chi connectivity index (χ2n) is 20.7. The van der Waals surface area contributed by atoms with Gasteiger partial charge in [0.1, 0.15) is 30.5 Å². The van der Waals surface area contributed by atoms with Gasteiger partial charge in [-0.1, -0.05) is 107 Å². The second kappa shape index (κ2) is 24.8. The number of hydrogen-bond donors (Lipinski definition) is 4. The highest BCUT2D eigenvalue weighted by Gasteiger charge is 2.44. The molecule has 5 heterocycles. The minimum absolute atomic E-state index is 0.0252. The zero-order chi connectivity index (χ0) is 51.5. The maximum atomic E-state index is 14.0. The van der Waals surface area contributed by atoms with Gasteiger partial charge in [-0.15, -0.1) is 11.3 Å². The van der Waals surface area contributed by atoms with E-state index in [1.165, 1.54) is 22.7 Å². The normalized spacial score (nSPS) is 17.4. The molecule has 4 N–H and O–H groups in total. The summed E-state index contributed by atoms with van der Waals surface area (Å²) in [6.45, 7) is 8.69. The Morgan fingerprint density at radius 2 is 1.56 bits per heavy atom. The van der Waals surface area contributed by atoms with Gasteiger partial charge in [-0.3, -0.25) is 24.1 Å². The van der Waals surface area contributed by atoms with E-state index in [0.717, 1.165) is 114 Å². The van der Waals surface area contributed by atoms with E-state index in [1.54, 1.807) is 22.4 Å². The minimum Gasteiger partial charge on any atom is -0.474 e. The van der Waals surface area contributed by atoms with E-state index in [0.29, 0.717) is 49.1 Å². The number of β-amino-alcohol motifs (C(OH)–C–C–N with tert-alkyl or cyclic N) is 1. The largest absolute Gasteiger partial charge is 0.474 e. The van der Waals surface area contributed by atoms with Crippen LogP contribution in [0.1, 0.15) is 135 Å². The van der Waals surface area contributed by atoms with Crippen LogP contribution in [0.4, 0.5) is 15.6 Å². The van der Waals surface area contributed by atoms with Gasteiger partial charge in [0.25, 0.3) is 0 Å². The van der Waals surface area contributed by atoms with Crippen LogP contribution >= 0.6 is 22.7 Å². The molecule has 3 atom stereocenters. The number of nitrogens with zero attached hydrogens (tertiary/aromatic N) is 5. The number of ether oxygens (including phenoxy) is 2. The summed E-state index contributed by atoms with van der Waals surface area (Å²) < 4.78 is 12.6. The Bertz CT molecular complexity index is 2710. The number of carbonyl (C=O) groups excluding carboxylic acids is 5. The van der Waals surface area contributed by atoms with Gasteiger partial charge in [-0.05, 0) is 85.8 Å². The fraction of sp³-hybridized carbons (Fsp3) is 0.527. The number of unbranched alkanes of at least 4 members (excludes halogenated alkanes) is 7. The van der Waals surface area contributed by atoms with Gasteiger partial charge in [0.2, 0.25) is 29.5 Å². The smallest absolute Gasteiger partial charge is 0.414 e. The third-order valence-electron chi connectivity index (χ3n) is 14.0. The first-order valence-electron chi connectivity index (χ1n) is 26.1. The predicted molar refractivity (Wildman–Crippen MR) is 285 cm³/mol. The van der Waals surface area contributed by atoms with E-state index in [2.05, 4.69) is 30.9 Å². The number of aryl methyl sites for hydroxylation is 1. The van der Waals surface area contributed by atoms with Crippen LogP contribution in [0.3, 0.4) is 0 Å². The summed E-state index contributed by atoms with van der Waals surface area (Å²) >= 11 is 3.00. The number of fused-ring (bicyclic) bond motifs is 2. The van der Waals surface area contributed by atoms with E-state index < -0.39 is 23.6 Å². The van der Waals surface area contributed by atoms with Gasteiger partial charge in [0.15, 0.2) is 5.13 Å². The number of pyridine rings is 1. The van der Waals surface area contributed by atoms with Crippen LogP contribution in [0, 0.1) is 12.3 Å². The molecule has 2 aromatic carbocycles. The van der Waals surface area contributed by atoms with Gasteiger partial charge in [-0.25, -0.2) is 19.7 Å². The topological polar surface area (TPSA) is 205 Å². The molecule has 2 aliphatic heterocycles. The molecule has 1 saturated carbocycles. The number of carbonyl (C=O) groups is 5. The molecule has 73 heavy (non-hydrogen) atoms. The van der Waals surface area contributed by atoms with Gasteiger partial charge in [0, 0.05) is 44.1 Å². The highest BCUT2D eigenvalue weighted by molar-refractivity contribution is 7.22. The van der Waals surface area contributed by atoms with Gasteiger partial charge in [-0.2, -0.15) is 0 Å². The van der Waals surface area contributed by atoms with Crippen LogP contribution < -0.4 is 25.6 Å². The van der Waals surface area contributed by atoms with Crippen molar-refractivity contribution in [3.8, 4) is 27.4 Å². The lowest BCUT2D eigenvalue weighted by Gasteiger charge is -2.35. The van der Waals surface area contributed by atoms with Crippen LogP contribution in [0.2, 0.25) is 0 Å². The third kappa shape index (κ3) is 14.2. The fourth-order valence-electron chi connectivity index (χ4n) is 9.82. The van der Waals surface area contributed by atoms with Crippen LogP contribution in [0.5, 0.6) is 5.88 Å². The summed E-state index contributed by atoms with van der Waals surface area (Å²) in [4.78, 5) is 84.5. The van der Waals surface area contributed by atoms with E-state index in [4.69, 9.17) is 9.47 Å². The van der Waals surface area contributed by atoms with Crippen molar-refractivity contribution in [3.05, 3.63) is 71.5 Å². The van der Waals surface area contributed by atoms with Crippen LogP contribution in [-0.4, -0.2) is 98.7 Å². The van der Waals surface area contributed by atoms with Crippen LogP contribution in [0.25, 0.3) is 31.8 Å². The number of anilines is 2. The zero-order valence-corrected chi connectivity index (χ0v) is 44.2. The molecular formula is C55H70N8O8S2. The molecule has 0 spiro atoms. The highest BCUT2D eigenvalue weighted by Crippen LogP contribution is 2.37. The van der Waals surface area contributed by atoms with Crippen molar-refractivity contribution in [3.63, 3.8) is 0 Å². The van der Waals surface area contributed by atoms with E-state index in [9.17, 15) is 29.1 Å². The predicted octanol–water partition coefficient (Wildman–Crippen LogP) is 10.1. The minimum atomic E-state index is -0.862. The van der Waals surface area contributed by atoms with Crippen LogP contribution in [-0.2, 0) is 30.5 Å². The van der Waals surface area contributed by atoms with Crippen molar-refractivity contribution in [2.24, 2.45) is 5.41 Å². The number of aromatic nitrogens is 3. The number of nitrogens with one attached hydrogen (secondary N) is 3. The lowest BCUT2D eigenvalue weighted by Crippen LogP contribution is -2.57. The first-order chi connectivity index (χ1) is 35.2. The molecule has 0 bridgehead atoms. The Morgan fingerprint density at radius 3 is 2.26 bits per heavy atom. The number of thiazole rings is 2. The average molecular weight is 1040 g/mol. The molecule has 5 amide bonds. The van der Waals surface area contributed by atoms with E-state index >= 15 is 0 Å². The Kier molecular flexibility index (Phi) is 18.1. The van der Waals surface area contributed by atoms with Gasteiger partial charge in [0.05, 0.1) is 38.9 Å². The molecule has 16 nitrogen and oxygen atoms in total. The summed E-state index contributed by atoms with van der Waals surface area (Å²) in [5.41, 5.74) is 7.27. The number of aliphatic hydroxyl groups is 1. The molecule has 3 aliphatic rings. The number of likely N-dealkylation sites (tertiary alicyclic amines) is 1.